The van der Waals surface area contributed by atoms with Gasteiger partial charge in [0, 0.05) is 44.0 Å². The van der Waals surface area contributed by atoms with Crippen LogP contribution in [0, 0.1) is 0 Å². The lowest BCUT2D eigenvalue weighted by Crippen LogP contribution is -2.51. The molecule has 4 heterocycles. The highest BCUT2D eigenvalue weighted by atomic mass is 16.7. The number of aryl methyl sites for hydroxylation is 1. The largest absolute Gasteiger partial charge is 0.471 e. The van der Waals surface area contributed by atoms with Crippen molar-refractivity contribution >= 4 is 22.6 Å². The summed E-state index contributed by atoms with van der Waals surface area (Å²) in [6, 6.07) is 9.53. The molecule has 0 spiro atoms. The molecule has 30 heavy (non-hydrogen) atoms. The predicted octanol–water partition coefficient (Wildman–Crippen LogP) is 2.68. The monoisotopic (exact) mass is 407 g/mol. The van der Waals surface area contributed by atoms with Crippen molar-refractivity contribution in [3.05, 3.63) is 48.4 Å². The number of piperazine rings is 1. The molecule has 0 radical (unpaired) electrons. The average Bonchev–Trinajstić information content (AvgIpc) is 3.06. The Morgan fingerprint density at radius 1 is 1.17 bits per heavy atom. The van der Waals surface area contributed by atoms with Gasteiger partial charge in [0.2, 0.25) is 11.8 Å². The maximum Gasteiger partial charge on any atom is 0.243 e. The molecule has 1 saturated carbocycles. The van der Waals surface area contributed by atoms with Gasteiger partial charge in [-0.15, -0.1) is 0 Å². The van der Waals surface area contributed by atoms with E-state index in [9.17, 15) is 4.79 Å². The second-order valence-corrected chi connectivity index (χ2v) is 7.82. The summed E-state index contributed by atoms with van der Waals surface area (Å²) in [6.45, 7) is 1.95. The minimum absolute atomic E-state index is 0.0450. The van der Waals surface area contributed by atoms with Gasteiger partial charge in [-0.25, -0.2) is 0 Å². The van der Waals surface area contributed by atoms with Crippen molar-refractivity contribution < 1.29 is 14.4 Å². The number of hydrogen-bond donors (Lipinski definition) is 0. The Morgan fingerprint density at radius 2 is 2.07 bits per heavy atom. The molecule has 2 aliphatic rings. The van der Waals surface area contributed by atoms with Crippen molar-refractivity contribution in [2.75, 3.05) is 24.5 Å². The number of rotatable bonds is 6. The second kappa shape index (κ2) is 8.04. The number of carbonyl (C=O) groups is 1. The minimum Gasteiger partial charge on any atom is -0.471 e. The Labute approximate surface area is 175 Å². The first-order chi connectivity index (χ1) is 14.7. The van der Waals surface area contributed by atoms with Gasteiger partial charge in [0.05, 0.1) is 17.5 Å². The third kappa shape index (κ3) is 3.76. The number of ether oxygens (including phenoxy) is 1. The molecule has 1 saturated heterocycles. The normalized spacial score (nSPS) is 18.0. The highest BCUT2D eigenvalue weighted by Gasteiger charge is 2.30. The van der Waals surface area contributed by atoms with E-state index in [0.29, 0.717) is 25.6 Å². The molecule has 0 N–H and O–H groups in total. The summed E-state index contributed by atoms with van der Waals surface area (Å²) in [5.74, 6) is 0.578. The summed E-state index contributed by atoms with van der Waals surface area (Å²) in [5.41, 5.74) is 2.51. The molecule has 8 heteroatoms. The number of hydrogen-bond acceptors (Lipinski definition) is 6. The highest BCUT2D eigenvalue weighted by Crippen LogP contribution is 2.31. The number of amides is 1. The van der Waals surface area contributed by atoms with Crippen molar-refractivity contribution in [2.24, 2.45) is 7.05 Å². The van der Waals surface area contributed by atoms with Crippen LogP contribution in [-0.4, -0.2) is 51.2 Å². The number of nitrogens with zero attached hydrogens (tertiary/aromatic N) is 5. The molecule has 1 amide bonds. The molecular formula is C22H25N5O3. The van der Waals surface area contributed by atoms with Gasteiger partial charge in [0.15, 0.2) is 0 Å². The molecule has 1 aliphatic heterocycles. The van der Waals surface area contributed by atoms with E-state index in [1.54, 1.807) is 6.20 Å². The van der Waals surface area contributed by atoms with Gasteiger partial charge in [-0.2, -0.15) is 10.0 Å². The van der Waals surface area contributed by atoms with Crippen LogP contribution in [0.25, 0.3) is 11.0 Å². The smallest absolute Gasteiger partial charge is 0.243 e. The van der Waals surface area contributed by atoms with E-state index < -0.39 is 0 Å². The standard InChI is InChI=1S/C22H25N5O3/c1-25-13-19(27-12-11-26(14-21(27)28)30-17-6-4-7-17)18-8-9-20(24-22(18)25)29-15-16-5-2-3-10-23-16/h2-3,5,8-10,13,17H,4,6-7,11-12,14-15H2,1H3. The van der Waals surface area contributed by atoms with Gasteiger partial charge >= 0.3 is 0 Å². The highest BCUT2D eigenvalue weighted by molar-refractivity contribution is 6.03. The molecule has 0 aromatic carbocycles. The number of aromatic nitrogens is 3. The zero-order valence-corrected chi connectivity index (χ0v) is 17.0. The van der Waals surface area contributed by atoms with Crippen LogP contribution < -0.4 is 9.64 Å². The summed E-state index contributed by atoms with van der Waals surface area (Å²) in [5, 5.41) is 2.75. The topological polar surface area (TPSA) is 72.7 Å². The predicted molar refractivity (Wildman–Crippen MR) is 112 cm³/mol. The van der Waals surface area contributed by atoms with E-state index >= 15 is 0 Å². The summed E-state index contributed by atoms with van der Waals surface area (Å²) in [7, 11) is 1.93. The first-order valence-electron chi connectivity index (χ1n) is 10.4. The third-order valence-corrected chi connectivity index (χ3v) is 5.70. The fraction of sp³-hybridized carbons (Fsp3) is 0.409. The average molecular weight is 407 g/mol. The zero-order valence-electron chi connectivity index (χ0n) is 17.0. The molecular weight excluding hydrogens is 382 g/mol. The van der Waals surface area contributed by atoms with Crippen LogP contribution in [-0.2, 0) is 23.3 Å². The molecule has 3 aromatic rings. The van der Waals surface area contributed by atoms with E-state index in [2.05, 4.69) is 9.97 Å². The number of fused-ring (bicyclic) bond motifs is 1. The van der Waals surface area contributed by atoms with E-state index in [1.165, 1.54) is 6.42 Å². The molecule has 0 unspecified atom stereocenters. The third-order valence-electron chi connectivity index (χ3n) is 5.70. The summed E-state index contributed by atoms with van der Waals surface area (Å²) in [4.78, 5) is 29.5. The van der Waals surface area contributed by atoms with Crippen molar-refractivity contribution in [1.29, 1.82) is 0 Å². The Kier molecular flexibility index (Phi) is 5.10. The lowest BCUT2D eigenvalue weighted by atomic mass is 9.97. The molecule has 2 fully saturated rings. The number of carbonyl (C=O) groups excluding carboxylic acids is 1. The minimum atomic E-state index is 0.0450. The van der Waals surface area contributed by atoms with Crippen LogP contribution >= 0.6 is 0 Å². The van der Waals surface area contributed by atoms with Crippen LogP contribution in [0.3, 0.4) is 0 Å². The van der Waals surface area contributed by atoms with Gasteiger partial charge in [-0.3, -0.25) is 14.6 Å². The fourth-order valence-electron chi connectivity index (χ4n) is 3.82. The Hall–Kier alpha value is -2.97. The molecule has 0 bridgehead atoms. The lowest BCUT2D eigenvalue weighted by Gasteiger charge is -2.37. The quantitative estimate of drug-likeness (QED) is 0.626. The van der Waals surface area contributed by atoms with Gasteiger partial charge in [-0.1, -0.05) is 6.07 Å². The number of hydroxylamine groups is 2. The molecule has 5 rings (SSSR count). The number of anilines is 1. The van der Waals surface area contributed by atoms with E-state index in [1.807, 2.05) is 58.1 Å². The summed E-state index contributed by atoms with van der Waals surface area (Å²) < 4.78 is 7.74. The number of pyridine rings is 2. The summed E-state index contributed by atoms with van der Waals surface area (Å²) in [6.07, 6.45) is 7.39. The van der Waals surface area contributed by atoms with Crippen LogP contribution in [0.1, 0.15) is 25.0 Å². The molecule has 1 aliphatic carbocycles. The van der Waals surface area contributed by atoms with E-state index in [4.69, 9.17) is 9.57 Å². The Balaban J connectivity index is 1.31. The second-order valence-electron chi connectivity index (χ2n) is 7.82. The van der Waals surface area contributed by atoms with Crippen molar-refractivity contribution in [1.82, 2.24) is 19.6 Å². The van der Waals surface area contributed by atoms with Gasteiger partial charge in [0.25, 0.3) is 0 Å². The van der Waals surface area contributed by atoms with Gasteiger partial charge in [0.1, 0.15) is 18.8 Å². The summed E-state index contributed by atoms with van der Waals surface area (Å²) >= 11 is 0. The SMILES string of the molecule is Cn1cc(N2CCN(OC3CCC3)CC2=O)c2ccc(OCc3ccccn3)nc21. The van der Waals surface area contributed by atoms with E-state index in [0.717, 1.165) is 35.3 Å². The van der Waals surface area contributed by atoms with Crippen LogP contribution in [0.4, 0.5) is 5.69 Å². The first-order valence-corrected chi connectivity index (χ1v) is 10.4. The van der Waals surface area contributed by atoms with E-state index in [-0.39, 0.29) is 18.6 Å². The van der Waals surface area contributed by atoms with Gasteiger partial charge in [-0.05, 0) is 37.5 Å². The maximum absolute atomic E-state index is 12.8. The fourth-order valence-corrected chi connectivity index (χ4v) is 3.82. The van der Waals surface area contributed by atoms with Crippen LogP contribution in [0.2, 0.25) is 0 Å². The lowest BCUT2D eigenvalue weighted by molar-refractivity contribution is -0.218. The van der Waals surface area contributed by atoms with Crippen molar-refractivity contribution in [2.45, 2.75) is 32.0 Å². The Bertz CT molecular complexity index is 1050. The molecule has 8 nitrogen and oxygen atoms in total. The first kappa shape index (κ1) is 19.0. The zero-order chi connectivity index (χ0) is 20.5. The maximum atomic E-state index is 12.8. The van der Waals surface area contributed by atoms with Crippen molar-refractivity contribution in [3.8, 4) is 5.88 Å². The van der Waals surface area contributed by atoms with Crippen LogP contribution in [0.15, 0.2) is 42.7 Å². The molecule has 0 atom stereocenters. The van der Waals surface area contributed by atoms with Gasteiger partial charge < -0.3 is 14.2 Å². The van der Waals surface area contributed by atoms with Crippen LogP contribution in [0.5, 0.6) is 5.88 Å². The van der Waals surface area contributed by atoms with Crippen molar-refractivity contribution in [3.63, 3.8) is 0 Å². The Morgan fingerprint density at radius 3 is 2.80 bits per heavy atom. The molecule has 156 valence electrons. The molecule has 3 aromatic heterocycles.